The molecule has 2 aromatic rings. The molecule has 92 valence electrons. The molecule has 18 heavy (non-hydrogen) atoms. The highest BCUT2D eigenvalue weighted by molar-refractivity contribution is 6.35. The molecular formula is C14H12Cl2NO+. The fraction of sp³-hybridized carbons (Fsp3) is 0.0714. The molecule has 0 fully saturated rings. The number of hydrogen-bond donors (Lipinski definition) is 1. The van der Waals surface area contributed by atoms with Crippen LogP contribution in [0, 0.1) is 0 Å². The summed E-state index contributed by atoms with van der Waals surface area (Å²) in [5.41, 5.74) is 1.63. The van der Waals surface area contributed by atoms with E-state index in [4.69, 9.17) is 23.2 Å². The molecule has 0 aliphatic heterocycles. The van der Waals surface area contributed by atoms with Crippen LogP contribution in [0.4, 0.5) is 0 Å². The summed E-state index contributed by atoms with van der Waals surface area (Å²) in [7, 11) is 1.95. The summed E-state index contributed by atoms with van der Waals surface area (Å²) in [5, 5.41) is 10.5. The average molecular weight is 281 g/mol. The van der Waals surface area contributed by atoms with Crippen molar-refractivity contribution >= 4 is 35.4 Å². The highest BCUT2D eigenvalue weighted by Crippen LogP contribution is 2.32. The third-order valence-corrected chi connectivity index (χ3v) is 3.02. The number of aromatic hydroxyl groups is 1. The minimum atomic E-state index is 0.0406. The lowest BCUT2D eigenvalue weighted by atomic mass is 10.1. The summed E-state index contributed by atoms with van der Waals surface area (Å²) in [4.78, 5) is 0. The number of hydrogen-bond acceptors (Lipinski definition) is 1. The third kappa shape index (κ3) is 3.03. The monoisotopic (exact) mass is 280 g/mol. The first-order valence-electron chi connectivity index (χ1n) is 5.37. The second-order valence-electron chi connectivity index (χ2n) is 3.96. The molecule has 0 radical (unpaired) electrons. The number of pyridine rings is 1. The summed E-state index contributed by atoms with van der Waals surface area (Å²) in [6.45, 7) is 0. The molecule has 1 aromatic carbocycles. The van der Waals surface area contributed by atoms with Crippen LogP contribution < -0.4 is 4.57 Å². The average Bonchev–Trinajstić information content (AvgIpc) is 2.34. The Morgan fingerprint density at radius 2 is 1.78 bits per heavy atom. The molecule has 0 amide bonds. The van der Waals surface area contributed by atoms with Gasteiger partial charge in [-0.25, -0.2) is 4.57 Å². The predicted octanol–water partition coefficient (Wildman–Crippen LogP) is 3.69. The van der Waals surface area contributed by atoms with Crippen LogP contribution in [0.15, 0.2) is 36.7 Å². The van der Waals surface area contributed by atoms with Crippen molar-refractivity contribution in [3.63, 3.8) is 0 Å². The van der Waals surface area contributed by atoms with Crippen molar-refractivity contribution in [2.75, 3.05) is 0 Å². The van der Waals surface area contributed by atoms with Gasteiger partial charge in [-0.3, -0.25) is 0 Å². The maximum absolute atomic E-state index is 9.80. The largest absolute Gasteiger partial charge is 0.506 e. The van der Waals surface area contributed by atoms with Gasteiger partial charge < -0.3 is 5.11 Å². The molecule has 0 aliphatic carbocycles. The summed E-state index contributed by atoms with van der Waals surface area (Å²) in [6, 6.07) is 7.12. The van der Waals surface area contributed by atoms with E-state index >= 15 is 0 Å². The minimum Gasteiger partial charge on any atom is -0.506 e. The third-order valence-electron chi connectivity index (χ3n) is 2.52. The molecule has 0 saturated heterocycles. The second-order valence-corrected chi connectivity index (χ2v) is 4.80. The van der Waals surface area contributed by atoms with Crippen LogP contribution in [0.5, 0.6) is 5.75 Å². The smallest absolute Gasteiger partial charge is 0.169 e. The van der Waals surface area contributed by atoms with E-state index in [0.717, 1.165) is 5.56 Å². The van der Waals surface area contributed by atoms with Gasteiger partial charge in [-0.2, -0.15) is 0 Å². The highest BCUT2D eigenvalue weighted by atomic mass is 35.5. The molecule has 0 saturated carbocycles. The summed E-state index contributed by atoms with van der Waals surface area (Å²) in [6.07, 6.45) is 7.57. The maximum atomic E-state index is 9.80. The molecule has 2 nitrogen and oxygen atoms in total. The summed E-state index contributed by atoms with van der Waals surface area (Å²) < 4.78 is 1.95. The summed E-state index contributed by atoms with van der Waals surface area (Å²) in [5.74, 6) is 0.0406. The van der Waals surface area contributed by atoms with E-state index in [1.165, 1.54) is 6.07 Å². The Kier molecular flexibility index (Phi) is 3.90. The summed E-state index contributed by atoms with van der Waals surface area (Å²) >= 11 is 11.7. The Morgan fingerprint density at radius 3 is 2.44 bits per heavy atom. The van der Waals surface area contributed by atoms with Crippen molar-refractivity contribution in [2.24, 2.45) is 7.05 Å². The van der Waals surface area contributed by atoms with Crippen molar-refractivity contribution in [2.45, 2.75) is 0 Å². The molecule has 1 N–H and O–H groups in total. The highest BCUT2D eigenvalue weighted by Gasteiger charge is 2.05. The van der Waals surface area contributed by atoms with Gasteiger partial charge in [0.05, 0.1) is 5.02 Å². The SMILES string of the molecule is C[n+]1ccc(/C=C/c2cc(Cl)cc(Cl)c2O)cc1. The molecule has 1 heterocycles. The van der Waals surface area contributed by atoms with Crippen LogP contribution in [-0.4, -0.2) is 5.11 Å². The van der Waals surface area contributed by atoms with Gasteiger partial charge in [0.25, 0.3) is 0 Å². The maximum Gasteiger partial charge on any atom is 0.169 e. The second kappa shape index (κ2) is 5.42. The number of phenolic OH excluding ortho intramolecular Hbond substituents is 1. The van der Waals surface area contributed by atoms with E-state index < -0.39 is 0 Å². The molecule has 1 aromatic heterocycles. The number of rotatable bonds is 2. The van der Waals surface area contributed by atoms with E-state index in [0.29, 0.717) is 10.6 Å². The standard InChI is InChI=1S/C14H11Cl2NO/c1-17-6-4-10(5-7-17)2-3-11-8-12(15)9-13(16)14(11)18/h2-9H,1H3/p+1. The van der Waals surface area contributed by atoms with Crippen LogP contribution in [0.1, 0.15) is 11.1 Å². The Morgan fingerprint density at radius 1 is 1.11 bits per heavy atom. The Labute approximate surface area is 116 Å². The number of aromatic nitrogens is 1. The number of nitrogens with zero attached hydrogens (tertiary/aromatic N) is 1. The topological polar surface area (TPSA) is 24.1 Å². The normalized spacial score (nSPS) is 11.1. The van der Waals surface area contributed by atoms with Gasteiger partial charge in [-0.1, -0.05) is 35.4 Å². The van der Waals surface area contributed by atoms with Crippen molar-refractivity contribution in [3.8, 4) is 5.75 Å². The predicted molar refractivity (Wildman–Crippen MR) is 74.7 cm³/mol. The van der Waals surface area contributed by atoms with Gasteiger partial charge in [0.15, 0.2) is 12.4 Å². The first kappa shape index (κ1) is 12.9. The van der Waals surface area contributed by atoms with Crippen LogP contribution in [0.25, 0.3) is 12.2 Å². The Balaban J connectivity index is 2.31. The number of aryl methyl sites for hydroxylation is 1. The number of benzene rings is 1. The van der Waals surface area contributed by atoms with E-state index in [1.54, 1.807) is 12.1 Å². The molecule has 4 heteroatoms. The first-order valence-corrected chi connectivity index (χ1v) is 6.13. The van der Waals surface area contributed by atoms with Crippen molar-refractivity contribution in [1.29, 1.82) is 0 Å². The zero-order valence-corrected chi connectivity index (χ0v) is 11.3. The van der Waals surface area contributed by atoms with Gasteiger partial charge in [0.1, 0.15) is 12.8 Å². The lowest BCUT2D eigenvalue weighted by molar-refractivity contribution is -0.671. The minimum absolute atomic E-state index is 0.0406. The van der Waals surface area contributed by atoms with Crippen molar-refractivity contribution < 1.29 is 9.67 Å². The van der Waals surface area contributed by atoms with E-state index in [1.807, 2.05) is 42.2 Å². The van der Waals surface area contributed by atoms with Gasteiger partial charge in [0.2, 0.25) is 0 Å². The van der Waals surface area contributed by atoms with Gasteiger partial charge in [0, 0.05) is 22.7 Å². The van der Waals surface area contributed by atoms with Crippen LogP contribution in [0.2, 0.25) is 10.0 Å². The zero-order chi connectivity index (χ0) is 13.1. The van der Waals surface area contributed by atoms with Gasteiger partial charge in [-0.05, 0) is 17.7 Å². The van der Waals surface area contributed by atoms with E-state index in [9.17, 15) is 5.11 Å². The zero-order valence-electron chi connectivity index (χ0n) is 9.77. The first-order chi connectivity index (χ1) is 8.56. The molecule has 0 spiro atoms. The molecule has 0 bridgehead atoms. The molecule has 0 aliphatic rings. The number of phenols is 1. The molecular weight excluding hydrogens is 269 g/mol. The Bertz CT molecular complexity index is 591. The van der Waals surface area contributed by atoms with Crippen molar-refractivity contribution in [3.05, 3.63) is 57.8 Å². The van der Waals surface area contributed by atoms with Gasteiger partial charge in [-0.15, -0.1) is 0 Å². The van der Waals surface area contributed by atoms with Crippen molar-refractivity contribution in [1.82, 2.24) is 0 Å². The quantitative estimate of drug-likeness (QED) is 0.834. The molecule has 0 atom stereocenters. The van der Waals surface area contributed by atoms with Crippen LogP contribution >= 0.6 is 23.2 Å². The van der Waals surface area contributed by atoms with Crippen LogP contribution in [0.3, 0.4) is 0 Å². The Hall–Kier alpha value is -1.51. The van der Waals surface area contributed by atoms with E-state index in [2.05, 4.69) is 0 Å². The molecule has 0 unspecified atom stereocenters. The van der Waals surface area contributed by atoms with E-state index in [-0.39, 0.29) is 10.8 Å². The lowest BCUT2D eigenvalue weighted by Crippen LogP contribution is -2.25. The van der Waals surface area contributed by atoms with Crippen LogP contribution in [-0.2, 0) is 7.05 Å². The number of halogens is 2. The lowest BCUT2D eigenvalue weighted by Gasteiger charge is -2.02. The fourth-order valence-corrected chi connectivity index (χ4v) is 2.03. The molecule has 2 rings (SSSR count). The van der Waals surface area contributed by atoms with Gasteiger partial charge >= 0.3 is 0 Å². The fourth-order valence-electron chi connectivity index (χ4n) is 1.52.